The monoisotopic (exact) mass is 382 g/mol. The number of halogens is 1. The van der Waals surface area contributed by atoms with Crippen molar-refractivity contribution >= 4 is 34.6 Å². The number of pyridine rings is 1. The fourth-order valence-electron chi connectivity index (χ4n) is 2.47. The van der Waals surface area contributed by atoms with E-state index in [2.05, 4.69) is 15.6 Å². The minimum absolute atomic E-state index is 0.0929. The van der Waals surface area contributed by atoms with Crippen molar-refractivity contribution in [2.75, 3.05) is 10.6 Å². The Bertz CT molecular complexity index is 980. The molecule has 27 heavy (non-hydrogen) atoms. The van der Waals surface area contributed by atoms with Gasteiger partial charge in [-0.05, 0) is 42.0 Å². The molecule has 0 fully saturated rings. The highest BCUT2D eigenvalue weighted by molar-refractivity contribution is 6.30. The van der Waals surface area contributed by atoms with Gasteiger partial charge in [0.1, 0.15) is 5.69 Å². The number of nitrogens with one attached hydrogen (secondary N) is 2. The molecule has 0 saturated heterocycles. The van der Waals surface area contributed by atoms with Crippen LogP contribution in [0.2, 0.25) is 5.02 Å². The largest absolute Gasteiger partial charge is 0.375 e. The Hall–Kier alpha value is -3.45. The second kappa shape index (κ2) is 8.29. The van der Waals surface area contributed by atoms with E-state index in [-0.39, 0.29) is 11.6 Å². The number of hydrogen-bond acceptors (Lipinski definition) is 5. The molecule has 0 radical (unpaired) electrons. The van der Waals surface area contributed by atoms with Crippen molar-refractivity contribution in [3.05, 3.63) is 93.3 Å². The van der Waals surface area contributed by atoms with Crippen LogP contribution >= 0.6 is 11.6 Å². The molecule has 0 aliphatic rings. The van der Waals surface area contributed by atoms with Gasteiger partial charge in [0.2, 0.25) is 0 Å². The molecular weight excluding hydrogens is 368 g/mol. The lowest BCUT2D eigenvalue weighted by Gasteiger charge is -2.10. The Morgan fingerprint density at radius 3 is 2.63 bits per heavy atom. The van der Waals surface area contributed by atoms with Gasteiger partial charge in [-0.1, -0.05) is 23.7 Å². The average molecular weight is 383 g/mol. The molecule has 0 aliphatic heterocycles. The highest BCUT2D eigenvalue weighted by Crippen LogP contribution is 2.28. The molecule has 0 bridgehead atoms. The van der Waals surface area contributed by atoms with Gasteiger partial charge in [0.25, 0.3) is 11.6 Å². The number of benzene rings is 2. The van der Waals surface area contributed by atoms with Crippen molar-refractivity contribution in [3.8, 4) is 0 Å². The fraction of sp³-hybridized carbons (Fsp3) is 0.0526. The zero-order chi connectivity index (χ0) is 19.2. The zero-order valence-electron chi connectivity index (χ0n) is 14.1. The second-order valence-corrected chi connectivity index (χ2v) is 6.10. The lowest BCUT2D eigenvalue weighted by molar-refractivity contribution is -0.383. The number of anilines is 2. The van der Waals surface area contributed by atoms with Gasteiger partial charge in [-0.2, -0.15) is 0 Å². The van der Waals surface area contributed by atoms with E-state index in [1.807, 2.05) is 6.07 Å². The topological polar surface area (TPSA) is 97.2 Å². The van der Waals surface area contributed by atoms with Crippen molar-refractivity contribution in [1.29, 1.82) is 0 Å². The highest BCUT2D eigenvalue weighted by Gasteiger charge is 2.14. The van der Waals surface area contributed by atoms with E-state index < -0.39 is 4.92 Å². The van der Waals surface area contributed by atoms with Crippen LogP contribution < -0.4 is 10.6 Å². The molecule has 8 heteroatoms. The summed E-state index contributed by atoms with van der Waals surface area (Å²) in [6, 6.07) is 14.9. The summed E-state index contributed by atoms with van der Waals surface area (Å²) in [5, 5.41) is 17.3. The summed E-state index contributed by atoms with van der Waals surface area (Å²) < 4.78 is 0. The highest BCUT2D eigenvalue weighted by atomic mass is 35.5. The van der Waals surface area contributed by atoms with Gasteiger partial charge in [-0.15, -0.1) is 0 Å². The summed E-state index contributed by atoms with van der Waals surface area (Å²) in [4.78, 5) is 26.8. The molecule has 0 unspecified atom stereocenters. The number of nitrogens with zero attached hydrogens (tertiary/aromatic N) is 2. The van der Waals surface area contributed by atoms with Crippen LogP contribution in [0.5, 0.6) is 0 Å². The maximum absolute atomic E-state index is 12.2. The van der Waals surface area contributed by atoms with Crippen LogP contribution in [-0.2, 0) is 6.54 Å². The zero-order valence-corrected chi connectivity index (χ0v) is 14.8. The number of carbonyl (C=O) groups is 1. The summed E-state index contributed by atoms with van der Waals surface area (Å²) in [6.07, 6.45) is 3.10. The molecule has 0 saturated carbocycles. The first kappa shape index (κ1) is 18.3. The molecule has 0 spiro atoms. The van der Waals surface area contributed by atoms with Gasteiger partial charge >= 0.3 is 0 Å². The standard InChI is InChI=1S/C19H15ClN4O3/c20-15-4-5-17(18(11-15)24(26)27)22-12-13-2-1-3-16(10-13)23-19(25)14-6-8-21-9-7-14/h1-11,22H,12H2,(H,23,25). The Morgan fingerprint density at radius 2 is 1.89 bits per heavy atom. The van der Waals surface area contributed by atoms with Gasteiger partial charge in [0.15, 0.2) is 0 Å². The van der Waals surface area contributed by atoms with E-state index in [1.54, 1.807) is 54.9 Å². The number of nitro benzene ring substituents is 1. The third kappa shape index (κ3) is 4.80. The molecule has 2 N–H and O–H groups in total. The van der Waals surface area contributed by atoms with E-state index >= 15 is 0 Å². The summed E-state index contributed by atoms with van der Waals surface area (Å²) in [7, 11) is 0. The molecule has 0 atom stereocenters. The molecule has 1 heterocycles. The van der Waals surface area contributed by atoms with Crippen LogP contribution in [0.1, 0.15) is 15.9 Å². The number of aromatic nitrogens is 1. The van der Waals surface area contributed by atoms with E-state index in [0.717, 1.165) is 5.56 Å². The van der Waals surface area contributed by atoms with E-state index in [4.69, 9.17) is 11.6 Å². The van der Waals surface area contributed by atoms with Crippen LogP contribution in [0.3, 0.4) is 0 Å². The number of hydrogen-bond donors (Lipinski definition) is 2. The van der Waals surface area contributed by atoms with Crippen LogP contribution in [0.4, 0.5) is 17.1 Å². The Labute approximate surface area is 160 Å². The van der Waals surface area contributed by atoms with E-state index in [1.165, 1.54) is 6.07 Å². The maximum atomic E-state index is 12.2. The molecule has 3 rings (SSSR count). The maximum Gasteiger partial charge on any atom is 0.293 e. The summed E-state index contributed by atoms with van der Waals surface area (Å²) in [5.41, 5.74) is 2.26. The van der Waals surface area contributed by atoms with E-state index in [0.29, 0.717) is 28.5 Å². The molecular formula is C19H15ClN4O3. The second-order valence-electron chi connectivity index (χ2n) is 5.66. The Balaban J connectivity index is 1.70. The molecule has 0 aliphatic carbocycles. The number of rotatable bonds is 6. The van der Waals surface area contributed by atoms with Crippen molar-refractivity contribution in [2.45, 2.75) is 6.54 Å². The van der Waals surface area contributed by atoms with Crippen molar-refractivity contribution in [1.82, 2.24) is 4.98 Å². The summed E-state index contributed by atoms with van der Waals surface area (Å²) in [6.45, 7) is 0.349. The predicted octanol–water partition coefficient (Wildman–Crippen LogP) is 4.51. The fourth-order valence-corrected chi connectivity index (χ4v) is 2.63. The predicted molar refractivity (Wildman–Crippen MR) is 104 cm³/mol. The van der Waals surface area contributed by atoms with Gasteiger partial charge in [-0.25, -0.2) is 0 Å². The lowest BCUT2D eigenvalue weighted by atomic mass is 10.1. The number of nitro groups is 1. The lowest BCUT2D eigenvalue weighted by Crippen LogP contribution is -2.12. The van der Waals surface area contributed by atoms with Crippen LogP contribution in [0.25, 0.3) is 0 Å². The van der Waals surface area contributed by atoms with Crippen LogP contribution in [-0.4, -0.2) is 15.8 Å². The Morgan fingerprint density at radius 1 is 1.11 bits per heavy atom. The van der Waals surface area contributed by atoms with Gasteiger partial charge in [0.05, 0.1) is 4.92 Å². The normalized spacial score (nSPS) is 10.3. The summed E-state index contributed by atoms with van der Waals surface area (Å²) in [5.74, 6) is -0.240. The van der Waals surface area contributed by atoms with E-state index in [9.17, 15) is 14.9 Å². The van der Waals surface area contributed by atoms with Gasteiger partial charge in [-0.3, -0.25) is 19.9 Å². The Kier molecular flexibility index (Phi) is 5.63. The van der Waals surface area contributed by atoms with Crippen molar-refractivity contribution < 1.29 is 9.72 Å². The number of amides is 1. The summed E-state index contributed by atoms with van der Waals surface area (Å²) >= 11 is 5.82. The first-order chi connectivity index (χ1) is 13.0. The van der Waals surface area contributed by atoms with Crippen LogP contribution in [0, 0.1) is 10.1 Å². The average Bonchev–Trinajstić information content (AvgIpc) is 2.68. The smallest absolute Gasteiger partial charge is 0.293 e. The third-order valence-corrected chi connectivity index (χ3v) is 4.00. The molecule has 136 valence electrons. The minimum Gasteiger partial charge on any atom is -0.375 e. The number of carbonyl (C=O) groups excluding carboxylic acids is 1. The molecule has 1 aromatic heterocycles. The first-order valence-electron chi connectivity index (χ1n) is 8.01. The molecule has 1 amide bonds. The first-order valence-corrected chi connectivity index (χ1v) is 8.39. The molecule has 2 aromatic carbocycles. The molecule has 3 aromatic rings. The third-order valence-electron chi connectivity index (χ3n) is 3.77. The van der Waals surface area contributed by atoms with Gasteiger partial charge < -0.3 is 10.6 Å². The SMILES string of the molecule is O=C(Nc1cccc(CNc2ccc(Cl)cc2[N+](=O)[O-])c1)c1ccncc1. The quantitative estimate of drug-likeness (QED) is 0.483. The van der Waals surface area contributed by atoms with Crippen molar-refractivity contribution in [2.24, 2.45) is 0 Å². The molecule has 7 nitrogen and oxygen atoms in total. The van der Waals surface area contributed by atoms with Crippen LogP contribution in [0.15, 0.2) is 67.0 Å². The van der Waals surface area contributed by atoms with Crippen molar-refractivity contribution in [3.63, 3.8) is 0 Å². The minimum atomic E-state index is -0.487. The van der Waals surface area contributed by atoms with Gasteiger partial charge in [0, 0.05) is 41.3 Å².